The van der Waals surface area contributed by atoms with Crippen LogP contribution < -0.4 is 10.6 Å². The van der Waals surface area contributed by atoms with Gasteiger partial charge in [0.15, 0.2) is 5.96 Å². The first-order valence-corrected chi connectivity index (χ1v) is 8.33. The van der Waals surface area contributed by atoms with Gasteiger partial charge in [-0.05, 0) is 44.2 Å². The summed E-state index contributed by atoms with van der Waals surface area (Å²) in [6.45, 7) is 0.999. The molecule has 2 fully saturated rings. The van der Waals surface area contributed by atoms with Crippen LogP contribution in [0.4, 0.5) is 0 Å². The minimum Gasteiger partial charge on any atom is -0.355 e. The van der Waals surface area contributed by atoms with Gasteiger partial charge in [-0.25, -0.2) is 0 Å². The zero-order valence-corrected chi connectivity index (χ0v) is 15.6. The summed E-state index contributed by atoms with van der Waals surface area (Å²) in [5.41, 5.74) is 0. The van der Waals surface area contributed by atoms with Gasteiger partial charge in [0.25, 0.3) is 0 Å². The van der Waals surface area contributed by atoms with Gasteiger partial charge >= 0.3 is 0 Å². The smallest absolute Gasteiger partial charge is 0.191 e. The Kier molecular flexibility index (Phi) is 6.22. The predicted octanol–water partition coefficient (Wildman–Crippen LogP) is 3.65. The largest absolute Gasteiger partial charge is 0.355 e. The fourth-order valence-corrected chi connectivity index (χ4v) is 3.62. The van der Waals surface area contributed by atoms with E-state index in [4.69, 9.17) is 0 Å². The van der Waals surface area contributed by atoms with Crippen molar-refractivity contribution in [2.45, 2.75) is 47.8 Å². The summed E-state index contributed by atoms with van der Waals surface area (Å²) in [6.07, 6.45) is 6.50. The molecule has 21 heavy (non-hydrogen) atoms. The maximum absolute atomic E-state index is 4.33. The lowest BCUT2D eigenvalue weighted by Crippen LogP contribution is -2.48. The molecule has 2 aliphatic carbocycles. The molecule has 2 saturated carbocycles. The van der Waals surface area contributed by atoms with Gasteiger partial charge < -0.3 is 10.6 Å². The fourth-order valence-electron chi connectivity index (χ4n) is 2.38. The summed E-state index contributed by atoms with van der Waals surface area (Å²) < 4.78 is 0.374. The molecule has 0 spiro atoms. The van der Waals surface area contributed by atoms with Crippen LogP contribution in [0.25, 0.3) is 0 Å². The van der Waals surface area contributed by atoms with Crippen LogP contribution in [0.3, 0.4) is 0 Å². The number of halogens is 1. The number of benzene rings is 1. The third kappa shape index (κ3) is 4.77. The number of aliphatic imine (C=N–C) groups is 1. The van der Waals surface area contributed by atoms with E-state index in [9.17, 15) is 0 Å². The van der Waals surface area contributed by atoms with Crippen molar-refractivity contribution < 1.29 is 0 Å². The zero-order valence-electron chi connectivity index (χ0n) is 12.5. The highest BCUT2D eigenvalue weighted by molar-refractivity contribution is 14.0. The Bertz CT molecular complexity index is 470. The molecule has 2 aliphatic rings. The van der Waals surface area contributed by atoms with Gasteiger partial charge in [0.05, 0.1) is 0 Å². The number of nitrogens with zero attached hydrogens (tertiary/aromatic N) is 1. The van der Waals surface area contributed by atoms with E-state index in [1.54, 1.807) is 0 Å². The molecule has 0 bridgehead atoms. The summed E-state index contributed by atoms with van der Waals surface area (Å²) in [7, 11) is 1.86. The molecule has 0 radical (unpaired) electrons. The minimum atomic E-state index is 0. The highest BCUT2D eigenvalue weighted by Crippen LogP contribution is 2.51. The molecule has 0 heterocycles. The van der Waals surface area contributed by atoms with E-state index >= 15 is 0 Å². The maximum Gasteiger partial charge on any atom is 0.191 e. The second-order valence-electron chi connectivity index (χ2n) is 5.80. The van der Waals surface area contributed by atoms with Crippen molar-refractivity contribution in [3.63, 3.8) is 0 Å². The molecule has 0 saturated heterocycles. The second kappa shape index (κ2) is 7.72. The molecule has 2 N–H and O–H groups in total. The number of hydrogen-bond acceptors (Lipinski definition) is 2. The van der Waals surface area contributed by atoms with E-state index in [-0.39, 0.29) is 24.0 Å². The van der Waals surface area contributed by atoms with Crippen molar-refractivity contribution in [1.29, 1.82) is 0 Å². The minimum absolute atomic E-state index is 0. The molecule has 0 amide bonds. The first-order chi connectivity index (χ1) is 9.80. The summed E-state index contributed by atoms with van der Waals surface area (Å²) >= 11 is 2.00. The third-order valence-corrected chi connectivity index (χ3v) is 5.63. The number of rotatable bonds is 5. The number of thioether (sulfide) groups is 1. The molecule has 0 unspecified atom stereocenters. The zero-order chi connectivity index (χ0) is 13.8. The van der Waals surface area contributed by atoms with Crippen molar-refractivity contribution in [1.82, 2.24) is 10.6 Å². The molecular weight excluding hydrogens is 393 g/mol. The molecule has 5 heteroatoms. The first kappa shape index (κ1) is 16.9. The van der Waals surface area contributed by atoms with Crippen molar-refractivity contribution in [2.24, 2.45) is 4.99 Å². The van der Waals surface area contributed by atoms with E-state index in [2.05, 4.69) is 46.0 Å². The molecule has 0 aliphatic heterocycles. The number of nitrogens with one attached hydrogen (secondary N) is 2. The maximum atomic E-state index is 4.33. The van der Waals surface area contributed by atoms with Crippen molar-refractivity contribution in [3.05, 3.63) is 30.3 Å². The normalized spacial score (nSPS) is 20.1. The molecule has 0 atom stereocenters. The van der Waals surface area contributed by atoms with Crippen LogP contribution in [0.5, 0.6) is 0 Å². The van der Waals surface area contributed by atoms with Gasteiger partial charge in [0.1, 0.15) is 0 Å². The Morgan fingerprint density at radius 2 is 2.00 bits per heavy atom. The predicted molar refractivity (Wildman–Crippen MR) is 102 cm³/mol. The number of hydrogen-bond donors (Lipinski definition) is 2. The van der Waals surface area contributed by atoms with Gasteiger partial charge in [-0.15, -0.1) is 35.7 Å². The molecule has 1 aromatic rings. The van der Waals surface area contributed by atoms with Gasteiger partial charge in [-0.1, -0.05) is 18.2 Å². The molecular formula is C16H24IN3S. The molecule has 116 valence electrons. The van der Waals surface area contributed by atoms with E-state index < -0.39 is 0 Å². The Labute approximate surface area is 148 Å². The third-order valence-electron chi connectivity index (χ3n) is 4.13. The van der Waals surface area contributed by atoms with Crippen LogP contribution in [-0.2, 0) is 0 Å². The Hall–Kier alpha value is -0.430. The van der Waals surface area contributed by atoms with Gasteiger partial charge in [0.2, 0.25) is 0 Å². The monoisotopic (exact) mass is 417 g/mol. The quantitative estimate of drug-likeness (QED) is 0.436. The molecule has 0 aromatic heterocycles. The van der Waals surface area contributed by atoms with Crippen LogP contribution in [0.15, 0.2) is 40.2 Å². The van der Waals surface area contributed by atoms with Crippen LogP contribution in [0, 0.1) is 0 Å². The topological polar surface area (TPSA) is 36.4 Å². The highest BCUT2D eigenvalue weighted by atomic mass is 127. The lowest BCUT2D eigenvalue weighted by Gasteiger charge is -2.29. The van der Waals surface area contributed by atoms with Crippen LogP contribution in [0.2, 0.25) is 0 Å². The lowest BCUT2D eigenvalue weighted by atomic mass is 9.93. The standard InChI is InChI=1S/C16H23N3S.HI/c1-17-15(19-13-6-5-7-13)18-12-16(10-11-16)20-14-8-3-2-4-9-14;/h2-4,8-9,13H,5-7,10-12H2,1H3,(H2,17,18,19);1H. The first-order valence-electron chi connectivity index (χ1n) is 7.51. The van der Waals surface area contributed by atoms with E-state index in [1.807, 2.05) is 18.8 Å². The Morgan fingerprint density at radius 1 is 1.29 bits per heavy atom. The van der Waals surface area contributed by atoms with Crippen molar-refractivity contribution in [2.75, 3.05) is 13.6 Å². The summed E-state index contributed by atoms with van der Waals surface area (Å²) in [5.74, 6) is 0.967. The van der Waals surface area contributed by atoms with Gasteiger partial charge in [-0.3, -0.25) is 4.99 Å². The number of guanidine groups is 1. The highest BCUT2D eigenvalue weighted by Gasteiger charge is 2.43. The van der Waals surface area contributed by atoms with Crippen LogP contribution in [0.1, 0.15) is 32.1 Å². The average molecular weight is 417 g/mol. The second-order valence-corrected chi connectivity index (χ2v) is 7.34. The SMILES string of the molecule is CN=C(NCC1(Sc2ccccc2)CC1)NC1CCC1.I. The van der Waals surface area contributed by atoms with E-state index in [0.717, 1.165) is 12.5 Å². The summed E-state index contributed by atoms with van der Waals surface area (Å²) in [6, 6.07) is 11.3. The average Bonchev–Trinajstić information content (AvgIpc) is 3.18. The summed E-state index contributed by atoms with van der Waals surface area (Å²) in [4.78, 5) is 5.70. The Balaban J connectivity index is 0.00000161. The lowest BCUT2D eigenvalue weighted by molar-refractivity contribution is 0.380. The summed E-state index contributed by atoms with van der Waals surface area (Å²) in [5, 5.41) is 7.01. The Morgan fingerprint density at radius 3 is 2.52 bits per heavy atom. The van der Waals surface area contributed by atoms with Gasteiger partial charge in [0, 0.05) is 29.3 Å². The van der Waals surface area contributed by atoms with Crippen LogP contribution in [-0.4, -0.2) is 30.3 Å². The molecule has 3 nitrogen and oxygen atoms in total. The van der Waals surface area contributed by atoms with Gasteiger partial charge in [-0.2, -0.15) is 0 Å². The fraction of sp³-hybridized carbons (Fsp3) is 0.562. The van der Waals surface area contributed by atoms with E-state index in [0.29, 0.717) is 10.8 Å². The molecule has 1 aromatic carbocycles. The molecule has 3 rings (SSSR count). The van der Waals surface area contributed by atoms with Crippen molar-refractivity contribution in [3.8, 4) is 0 Å². The van der Waals surface area contributed by atoms with Crippen LogP contribution >= 0.6 is 35.7 Å². The van der Waals surface area contributed by atoms with E-state index in [1.165, 1.54) is 37.0 Å². The van der Waals surface area contributed by atoms with Crippen molar-refractivity contribution >= 4 is 41.7 Å².